The van der Waals surface area contributed by atoms with Gasteiger partial charge >= 0.3 is 0 Å². The van der Waals surface area contributed by atoms with Crippen LogP contribution in [0.15, 0.2) is 12.4 Å². The van der Waals surface area contributed by atoms with Gasteiger partial charge in [0.1, 0.15) is 6.17 Å². The molecule has 0 fully saturated rings. The molecule has 1 heterocycles. The number of unbranched alkanes of at least 4 members (excludes halogenated alkanes) is 25. The minimum atomic E-state index is 0.606. The fourth-order valence-corrected chi connectivity index (χ4v) is 6.42. The monoisotopic (exact) mass is 547 g/mol. The third-order valence-electron chi connectivity index (χ3n) is 9.09. The maximum Gasteiger partial charge on any atom is 0.101 e. The van der Waals surface area contributed by atoms with Crippen LogP contribution in [-0.4, -0.2) is 28.6 Å². The van der Waals surface area contributed by atoms with E-state index < -0.39 is 0 Å². The molecule has 39 heavy (non-hydrogen) atoms. The Labute approximate surface area is 248 Å². The summed E-state index contributed by atoms with van der Waals surface area (Å²) in [5, 5.41) is 0. The lowest BCUT2D eigenvalue weighted by Gasteiger charge is -2.35. The van der Waals surface area contributed by atoms with Crippen molar-refractivity contribution in [2.24, 2.45) is 0 Å². The van der Waals surface area contributed by atoms with Crippen molar-refractivity contribution >= 4 is 0 Å². The molecule has 0 aromatic carbocycles. The minimum Gasteiger partial charge on any atom is -0.356 e. The van der Waals surface area contributed by atoms with Gasteiger partial charge < -0.3 is 9.80 Å². The van der Waals surface area contributed by atoms with Crippen LogP contribution in [0.2, 0.25) is 0 Å². The van der Waals surface area contributed by atoms with E-state index in [2.05, 4.69) is 49.9 Å². The Morgan fingerprint density at radius 3 is 1.13 bits per heavy atom. The summed E-state index contributed by atoms with van der Waals surface area (Å²) in [6, 6.07) is 0.606. The average molecular weight is 547 g/mol. The van der Waals surface area contributed by atoms with E-state index >= 15 is 0 Å². The summed E-state index contributed by atoms with van der Waals surface area (Å²) in [6.07, 6.45) is 45.7. The van der Waals surface area contributed by atoms with E-state index in [0.29, 0.717) is 12.2 Å². The first-order valence-corrected chi connectivity index (χ1v) is 18.4. The Morgan fingerprint density at radius 2 is 0.769 bits per heavy atom. The lowest BCUT2D eigenvalue weighted by atomic mass is 10.0. The van der Waals surface area contributed by atoms with E-state index in [9.17, 15) is 0 Å². The highest BCUT2D eigenvalue weighted by atomic mass is 15.4. The number of nitrogens with zero attached hydrogens (tertiary/aromatic N) is 2. The minimum absolute atomic E-state index is 0.606. The molecule has 1 unspecified atom stereocenters. The molecule has 1 aliphatic rings. The highest BCUT2D eigenvalue weighted by molar-refractivity contribution is 4.98. The van der Waals surface area contributed by atoms with Gasteiger partial charge in [-0.05, 0) is 33.1 Å². The molecule has 1 rings (SSSR count). The SMILES string of the molecule is CCCCCCCCCCCCCCCCCCC1N(CCCCCCCCCCCCC)C=CN1C(C)C. The summed E-state index contributed by atoms with van der Waals surface area (Å²) in [6.45, 7) is 10.6. The molecule has 0 aromatic heterocycles. The Balaban J connectivity index is 1.99. The first-order chi connectivity index (χ1) is 19.2. The molecule has 232 valence electrons. The molecule has 0 saturated heterocycles. The molecule has 0 saturated carbocycles. The van der Waals surface area contributed by atoms with E-state index in [4.69, 9.17) is 0 Å². The van der Waals surface area contributed by atoms with E-state index in [1.165, 1.54) is 186 Å². The van der Waals surface area contributed by atoms with Crippen LogP contribution in [0.5, 0.6) is 0 Å². The Bertz CT molecular complexity index is 514. The van der Waals surface area contributed by atoms with Gasteiger partial charge in [-0.2, -0.15) is 0 Å². The van der Waals surface area contributed by atoms with Crippen LogP contribution in [0.3, 0.4) is 0 Å². The Morgan fingerprint density at radius 1 is 0.436 bits per heavy atom. The van der Waals surface area contributed by atoms with Crippen LogP contribution < -0.4 is 0 Å². The summed E-state index contributed by atoms with van der Waals surface area (Å²) in [4.78, 5) is 5.28. The molecule has 2 heteroatoms. The molecule has 1 aliphatic heterocycles. The van der Waals surface area contributed by atoms with Crippen molar-refractivity contribution < 1.29 is 0 Å². The van der Waals surface area contributed by atoms with Crippen LogP contribution in [0.4, 0.5) is 0 Å². The summed E-state index contributed by atoms with van der Waals surface area (Å²) >= 11 is 0. The van der Waals surface area contributed by atoms with E-state index in [1.54, 1.807) is 0 Å². The van der Waals surface area contributed by atoms with Gasteiger partial charge in [-0.15, -0.1) is 0 Å². The second-order valence-electron chi connectivity index (χ2n) is 13.2. The number of hydrogen-bond donors (Lipinski definition) is 0. The molecule has 0 bridgehead atoms. The van der Waals surface area contributed by atoms with Gasteiger partial charge in [0, 0.05) is 25.0 Å². The third-order valence-corrected chi connectivity index (χ3v) is 9.09. The largest absolute Gasteiger partial charge is 0.356 e. The highest BCUT2D eigenvalue weighted by Gasteiger charge is 2.26. The first kappa shape index (κ1) is 36.4. The molecule has 0 N–H and O–H groups in total. The van der Waals surface area contributed by atoms with Crippen molar-refractivity contribution in [3.05, 3.63) is 12.4 Å². The summed E-state index contributed by atoms with van der Waals surface area (Å²) in [5.74, 6) is 0. The zero-order valence-electron chi connectivity index (χ0n) is 27.7. The Kier molecular flexibility index (Phi) is 25.6. The smallest absolute Gasteiger partial charge is 0.101 e. The topological polar surface area (TPSA) is 6.48 Å². The lowest BCUT2D eigenvalue weighted by Crippen LogP contribution is -2.42. The average Bonchev–Trinajstić information content (AvgIpc) is 3.34. The summed E-state index contributed by atoms with van der Waals surface area (Å²) in [5.41, 5.74) is 0. The quantitative estimate of drug-likeness (QED) is 0.0826. The van der Waals surface area contributed by atoms with Gasteiger partial charge in [-0.25, -0.2) is 0 Å². The summed E-state index contributed by atoms with van der Waals surface area (Å²) < 4.78 is 0. The Hall–Kier alpha value is -0.660. The van der Waals surface area contributed by atoms with E-state index in [-0.39, 0.29) is 0 Å². The van der Waals surface area contributed by atoms with Crippen LogP contribution >= 0.6 is 0 Å². The fraction of sp³-hybridized carbons (Fsp3) is 0.946. The summed E-state index contributed by atoms with van der Waals surface area (Å²) in [7, 11) is 0. The van der Waals surface area contributed by atoms with E-state index in [1.807, 2.05) is 0 Å². The van der Waals surface area contributed by atoms with Crippen molar-refractivity contribution in [3.63, 3.8) is 0 Å². The van der Waals surface area contributed by atoms with Crippen LogP contribution in [0.25, 0.3) is 0 Å². The predicted octanol–water partition coefficient (Wildman–Crippen LogP) is 12.8. The van der Waals surface area contributed by atoms with Crippen molar-refractivity contribution in [1.29, 1.82) is 0 Å². The third kappa shape index (κ3) is 20.8. The molecule has 0 amide bonds. The first-order valence-electron chi connectivity index (χ1n) is 18.4. The zero-order valence-corrected chi connectivity index (χ0v) is 27.7. The van der Waals surface area contributed by atoms with Gasteiger partial charge in [0.15, 0.2) is 0 Å². The second kappa shape index (κ2) is 27.5. The molecule has 0 aromatic rings. The van der Waals surface area contributed by atoms with Gasteiger partial charge in [0.25, 0.3) is 0 Å². The van der Waals surface area contributed by atoms with Crippen molar-refractivity contribution in [3.8, 4) is 0 Å². The predicted molar refractivity (Wildman–Crippen MR) is 177 cm³/mol. The van der Waals surface area contributed by atoms with Gasteiger partial charge in [-0.1, -0.05) is 174 Å². The molecule has 0 aliphatic carbocycles. The lowest BCUT2D eigenvalue weighted by molar-refractivity contribution is 0.114. The highest BCUT2D eigenvalue weighted by Crippen LogP contribution is 2.25. The standard InChI is InChI=1S/C37H74N2/c1-5-7-9-11-13-15-17-18-19-20-21-22-24-26-28-30-32-37-38(34-35-39(37)36(3)4)33-31-29-27-25-23-16-14-12-10-8-6-2/h34-37H,5-33H2,1-4H3. The van der Waals surface area contributed by atoms with Gasteiger partial charge in [0.05, 0.1) is 0 Å². The normalized spacial score (nSPS) is 15.4. The van der Waals surface area contributed by atoms with Crippen LogP contribution in [0.1, 0.15) is 207 Å². The zero-order chi connectivity index (χ0) is 28.2. The fourth-order valence-electron chi connectivity index (χ4n) is 6.42. The molecule has 2 nitrogen and oxygen atoms in total. The van der Waals surface area contributed by atoms with Crippen molar-refractivity contribution in [2.75, 3.05) is 6.54 Å². The van der Waals surface area contributed by atoms with E-state index in [0.717, 1.165) is 0 Å². The van der Waals surface area contributed by atoms with Crippen LogP contribution in [-0.2, 0) is 0 Å². The maximum absolute atomic E-state index is 2.67. The molecule has 1 atom stereocenters. The second-order valence-corrected chi connectivity index (χ2v) is 13.2. The molecule has 0 radical (unpaired) electrons. The maximum atomic E-state index is 2.67. The number of rotatable bonds is 30. The van der Waals surface area contributed by atoms with Gasteiger partial charge in [0.2, 0.25) is 0 Å². The van der Waals surface area contributed by atoms with Gasteiger partial charge in [-0.3, -0.25) is 0 Å². The van der Waals surface area contributed by atoms with Crippen LogP contribution in [0, 0.1) is 0 Å². The number of hydrogen-bond acceptors (Lipinski definition) is 2. The molecular weight excluding hydrogens is 472 g/mol. The van der Waals surface area contributed by atoms with Crippen molar-refractivity contribution in [1.82, 2.24) is 9.80 Å². The van der Waals surface area contributed by atoms with Crippen molar-refractivity contribution in [2.45, 2.75) is 220 Å². The molecule has 0 spiro atoms. The molecular formula is C37H74N2.